The molecule has 1 heterocycles. The average Bonchev–Trinajstić information content (AvgIpc) is 3.09. The second-order valence-corrected chi connectivity index (χ2v) is 13.6. The number of para-hydroxylation sites is 1. The van der Waals surface area contributed by atoms with E-state index in [0.717, 1.165) is 15.9 Å². The number of carbonyl (C=O) groups excluding carboxylic acids is 2. The number of rotatable bonds is 8. The molecule has 6 rings (SSSR count). The van der Waals surface area contributed by atoms with Gasteiger partial charge in [-0.1, -0.05) is 127 Å². The fourth-order valence-electron chi connectivity index (χ4n) is 5.87. The summed E-state index contributed by atoms with van der Waals surface area (Å²) in [7, 11) is -2.63. The Morgan fingerprint density at radius 2 is 1.20 bits per heavy atom. The second-order valence-electron chi connectivity index (χ2n) is 10.6. The average molecular weight is 612 g/mol. The molecule has 5 aromatic carbocycles. The fourth-order valence-corrected chi connectivity index (χ4v) is 9.43. The van der Waals surface area contributed by atoms with E-state index < -0.39 is 19.1 Å². The number of carbonyl (C=O) groups is 2. The second kappa shape index (κ2) is 13.2. The molecule has 0 spiro atoms. The maximum Gasteiger partial charge on any atom is 0.338 e. The molecule has 0 aromatic heterocycles. The van der Waals surface area contributed by atoms with Gasteiger partial charge in [0.2, 0.25) is 0 Å². The van der Waals surface area contributed by atoms with Crippen molar-refractivity contribution in [3.8, 4) is 0 Å². The highest BCUT2D eigenvalue weighted by atomic mass is 31.2. The molecule has 45 heavy (non-hydrogen) atoms. The minimum Gasteiger partial charge on any atom is -0.463 e. The van der Waals surface area contributed by atoms with Gasteiger partial charge in [-0.2, -0.15) is 0 Å². The molecule has 0 aliphatic carbocycles. The molecule has 0 saturated heterocycles. The zero-order valence-electron chi connectivity index (χ0n) is 25.2. The van der Waals surface area contributed by atoms with Crippen molar-refractivity contribution in [2.75, 3.05) is 11.5 Å². The molecule has 0 bridgehead atoms. The Bertz CT molecular complexity index is 1790. The summed E-state index contributed by atoms with van der Waals surface area (Å²) in [4.78, 5) is 29.0. The van der Waals surface area contributed by atoms with Crippen molar-refractivity contribution in [1.29, 1.82) is 0 Å². The summed E-state index contributed by atoms with van der Waals surface area (Å²) in [5.41, 5.74) is 2.95. The van der Waals surface area contributed by atoms with Gasteiger partial charge in [0.05, 0.1) is 36.7 Å². The molecule has 6 nitrogen and oxygen atoms in total. The van der Waals surface area contributed by atoms with Crippen molar-refractivity contribution in [1.82, 2.24) is 5.32 Å². The van der Waals surface area contributed by atoms with Crippen molar-refractivity contribution in [3.63, 3.8) is 0 Å². The minimum atomic E-state index is -2.63. The lowest BCUT2D eigenvalue weighted by Gasteiger charge is -2.36. The van der Waals surface area contributed by atoms with E-state index in [1.807, 2.05) is 109 Å². The number of nitrogens with zero attached hydrogens (tertiary/aromatic N) is 2. The Balaban J connectivity index is 1.63. The van der Waals surface area contributed by atoms with E-state index in [4.69, 9.17) is 9.48 Å². The largest absolute Gasteiger partial charge is 0.463 e. The van der Waals surface area contributed by atoms with Gasteiger partial charge in [0.15, 0.2) is 0 Å². The summed E-state index contributed by atoms with van der Waals surface area (Å²) >= 11 is 0. The Morgan fingerprint density at radius 1 is 0.733 bits per heavy atom. The minimum absolute atomic E-state index is 0.207. The number of urea groups is 1. The van der Waals surface area contributed by atoms with Crippen molar-refractivity contribution in [2.45, 2.75) is 19.9 Å². The van der Waals surface area contributed by atoms with E-state index in [2.05, 4.69) is 41.7 Å². The summed E-state index contributed by atoms with van der Waals surface area (Å²) in [6, 6.07) is 47.0. The summed E-state index contributed by atoms with van der Waals surface area (Å²) in [6.45, 7) is 3.78. The lowest BCUT2D eigenvalue weighted by atomic mass is 9.93. The first-order valence-electron chi connectivity index (χ1n) is 15.0. The molecule has 1 unspecified atom stereocenters. The van der Waals surface area contributed by atoms with Gasteiger partial charge in [0.25, 0.3) is 0 Å². The molecule has 1 atom stereocenters. The van der Waals surface area contributed by atoms with Gasteiger partial charge >= 0.3 is 12.0 Å². The van der Waals surface area contributed by atoms with Gasteiger partial charge in [-0.3, -0.25) is 9.64 Å². The van der Waals surface area contributed by atoms with Crippen LogP contribution in [0.5, 0.6) is 0 Å². The Labute approximate surface area is 264 Å². The van der Waals surface area contributed by atoms with E-state index in [-0.39, 0.29) is 12.6 Å². The summed E-state index contributed by atoms with van der Waals surface area (Å²) in [5, 5.41) is 6.41. The zero-order chi connectivity index (χ0) is 31.2. The molecule has 0 radical (unpaired) electrons. The van der Waals surface area contributed by atoms with Crippen LogP contribution in [0.2, 0.25) is 0 Å². The van der Waals surface area contributed by atoms with Crippen LogP contribution in [0.1, 0.15) is 25.5 Å². The number of ether oxygens (including phenoxy) is 1. The topological polar surface area (TPSA) is 71.0 Å². The maximum atomic E-state index is 13.8. The van der Waals surface area contributed by atoms with E-state index in [1.54, 1.807) is 13.8 Å². The third kappa shape index (κ3) is 5.73. The predicted octanol–water partition coefficient (Wildman–Crippen LogP) is 7.60. The van der Waals surface area contributed by atoms with Crippen LogP contribution in [0.4, 0.5) is 16.2 Å². The van der Waals surface area contributed by atoms with E-state index >= 15 is 0 Å². The summed E-state index contributed by atoms with van der Waals surface area (Å²) < 4.78 is 11.3. The van der Waals surface area contributed by atoms with Gasteiger partial charge in [-0.25, -0.2) is 9.59 Å². The van der Waals surface area contributed by atoms with Gasteiger partial charge in [-0.05, 0) is 32.0 Å². The van der Waals surface area contributed by atoms with Crippen LogP contribution in [0.25, 0.3) is 0 Å². The molecule has 224 valence electrons. The molecule has 0 saturated carbocycles. The molecule has 7 heteroatoms. The number of esters is 1. The highest BCUT2D eigenvalue weighted by Gasteiger charge is 2.38. The van der Waals surface area contributed by atoms with Crippen LogP contribution in [-0.2, 0) is 9.53 Å². The molecule has 5 aromatic rings. The van der Waals surface area contributed by atoms with Gasteiger partial charge in [0.1, 0.15) is 0 Å². The molecule has 2 amide bonds. The first-order valence-corrected chi connectivity index (χ1v) is 16.7. The number of allylic oxidation sites excluding steroid dienone is 1. The zero-order valence-corrected chi connectivity index (χ0v) is 26.1. The highest BCUT2D eigenvalue weighted by Crippen LogP contribution is 2.51. The summed E-state index contributed by atoms with van der Waals surface area (Å²) in [5.74, 6) is -0.481. The van der Waals surface area contributed by atoms with Gasteiger partial charge in [-0.15, -0.1) is 0 Å². The van der Waals surface area contributed by atoms with E-state index in [1.165, 1.54) is 4.90 Å². The van der Waals surface area contributed by atoms with Crippen LogP contribution < -0.4 is 26.1 Å². The van der Waals surface area contributed by atoms with Gasteiger partial charge in [0, 0.05) is 27.2 Å². The summed E-state index contributed by atoms with van der Waals surface area (Å²) in [6.07, 6.45) is 0. The van der Waals surface area contributed by atoms with Crippen molar-refractivity contribution in [2.24, 2.45) is 4.74 Å². The number of nitrogens with one attached hydrogen (secondary N) is 1. The van der Waals surface area contributed by atoms with Crippen molar-refractivity contribution < 1.29 is 14.3 Å². The van der Waals surface area contributed by atoms with E-state index in [0.29, 0.717) is 28.2 Å². The first kappa shape index (κ1) is 29.9. The normalized spacial score (nSPS) is 14.9. The smallest absolute Gasteiger partial charge is 0.338 e. The third-order valence-corrected chi connectivity index (χ3v) is 11.5. The molecule has 1 aliphatic rings. The third-order valence-electron chi connectivity index (χ3n) is 7.89. The van der Waals surface area contributed by atoms with Gasteiger partial charge < -0.3 is 10.1 Å². The van der Waals surface area contributed by atoms with Crippen LogP contribution in [-0.4, -0.2) is 18.6 Å². The molecule has 0 fully saturated rings. The number of benzene rings is 5. The first-order chi connectivity index (χ1) is 22.0. The van der Waals surface area contributed by atoms with Crippen LogP contribution in [0, 0.1) is 0 Å². The molecular weight excluding hydrogens is 577 g/mol. The van der Waals surface area contributed by atoms with Crippen molar-refractivity contribution >= 4 is 46.3 Å². The number of anilines is 1. The van der Waals surface area contributed by atoms with Crippen LogP contribution in [0.3, 0.4) is 0 Å². The molecular formula is C38H34N3O3P. The monoisotopic (exact) mass is 611 g/mol. The maximum absolute atomic E-state index is 13.8. The van der Waals surface area contributed by atoms with Crippen molar-refractivity contribution in [3.05, 3.63) is 162 Å². The van der Waals surface area contributed by atoms with Crippen LogP contribution in [0.15, 0.2) is 162 Å². The number of hydrogen-bond acceptors (Lipinski definition) is 4. The number of hydrogen-bond donors (Lipinski definition) is 1. The standard InChI is InChI=1S/C38H34N3O3P/c1-3-44-37(42)35-28(2)41(29-18-8-4-9-19-29)38(43)39-36(35)33-26-16-17-27-34(33)40-45(30-20-10-5-11-21-30,31-22-12-6-13-23-31)32-24-14-7-15-25-32/h4-27,36H,3H2,1-2H3,(H,39,43). The molecule has 1 aliphatic heterocycles. The number of amides is 2. The molecule has 1 N–H and O–H groups in total. The Hall–Kier alpha value is -5.19. The highest BCUT2D eigenvalue weighted by molar-refractivity contribution is 7.87. The predicted molar refractivity (Wildman–Crippen MR) is 183 cm³/mol. The lowest BCUT2D eigenvalue weighted by Crippen LogP contribution is -2.48. The quantitative estimate of drug-likeness (QED) is 0.145. The SMILES string of the molecule is CCOC(=O)C1=C(C)N(c2ccccc2)C(=O)NC1c1ccccc1N=P(c1ccccc1)(c1ccccc1)c1ccccc1. The van der Waals surface area contributed by atoms with Crippen LogP contribution >= 0.6 is 7.05 Å². The Morgan fingerprint density at radius 3 is 1.71 bits per heavy atom. The Kier molecular flexibility index (Phi) is 8.77. The lowest BCUT2D eigenvalue weighted by molar-refractivity contribution is -0.139. The fraction of sp³-hybridized carbons (Fsp3) is 0.105. The van der Waals surface area contributed by atoms with E-state index in [9.17, 15) is 9.59 Å².